The molecule has 1 aromatic carbocycles. The first-order valence-electron chi connectivity index (χ1n) is 18.2. The number of carbonyl (C=O) groups excluding carboxylic acids is 4. The van der Waals surface area contributed by atoms with Crippen LogP contribution < -0.4 is 10.6 Å². The van der Waals surface area contributed by atoms with Crippen molar-refractivity contribution in [1.29, 1.82) is 0 Å². The van der Waals surface area contributed by atoms with Crippen molar-refractivity contribution in [3.63, 3.8) is 0 Å². The molecule has 0 aromatic heterocycles. The summed E-state index contributed by atoms with van der Waals surface area (Å²) in [6.45, 7) is 14.0. The molecular formula is C40H60N2O9. The molecule has 1 aromatic rings. The Kier molecular flexibility index (Phi) is 17.4. The van der Waals surface area contributed by atoms with Gasteiger partial charge in [-0.15, -0.1) is 0 Å². The van der Waals surface area contributed by atoms with Gasteiger partial charge in [-0.05, 0) is 70.9 Å². The molecule has 2 amide bonds. The van der Waals surface area contributed by atoms with Crippen LogP contribution in [0.5, 0.6) is 0 Å². The predicted molar refractivity (Wildman–Crippen MR) is 196 cm³/mol. The molecule has 0 unspecified atom stereocenters. The van der Waals surface area contributed by atoms with E-state index in [-0.39, 0.29) is 37.1 Å². The van der Waals surface area contributed by atoms with Crippen LogP contribution in [0.1, 0.15) is 112 Å². The van der Waals surface area contributed by atoms with Crippen molar-refractivity contribution in [2.75, 3.05) is 6.54 Å². The second-order valence-electron chi connectivity index (χ2n) is 15.6. The molecule has 0 aliphatic heterocycles. The van der Waals surface area contributed by atoms with Crippen LogP contribution in [0.25, 0.3) is 6.08 Å². The highest BCUT2D eigenvalue weighted by Crippen LogP contribution is 2.28. The Balaban J connectivity index is 2.18. The van der Waals surface area contributed by atoms with Gasteiger partial charge in [-0.25, -0.2) is 14.4 Å². The molecule has 284 valence electrons. The van der Waals surface area contributed by atoms with Crippen molar-refractivity contribution in [1.82, 2.24) is 10.6 Å². The first-order valence-corrected chi connectivity index (χ1v) is 18.2. The third-order valence-electron chi connectivity index (χ3n) is 8.62. The summed E-state index contributed by atoms with van der Waals surface area (Å²) in [6.07, 6.45) is 9.99. The fourth-order valence-corrected chi connectivity index (χ4v) is 5.64. The molecular weight excluding hydrogens is 652 g/mol. The zero-order chi connectivity index (χ0) is 38.2. The summed E-state index contributed by atoms with van der Waals surface area (Å²) in [5.41, 5.74) is -0.937. The number of alkyl carbamates (subject to hydrolysis) is 1. The number of carbonyl (C=O) groups is 5. The van der Waals surface area contributed by atoms with Gasteiger partial charge < -0.3 is 30.0 Å². The zero-order valence-electron chi connectivity index (χ0n) is 31.7. The number of nitrogens with one attached hydrogen (secondary N) is 2. The minimum atomic E-state index is -1.21. The van der Waals surface area contributed by atoms with E-state index in [1.807, 2.05) is 63.3 Å². The summed E-state index contributed by atoms with van der Waals surface area (Å²) in [5.74, 6) is -3.09. The van der Waals surface area contributed by atoms with E-state index in [0.29, 0.717) is 6.42 Å². The monoisotopic (exact) mass is 712 g/mol. The maximum absolute atomic E-state index is 13.7. The number of amides is 2. The number of carboxylic acid groups (broad SMARTS) is 1. The Morgan fingerprint density at radius 2 is 1.59 bits per heavy atom. The lowest BCUT2D eigenvalue weighted by Gasteiger charge is -2.29. The molecule has 0 saturated heterocycles. The van der Waals surface area contributed by atoms with Gasteiger partial charge in [-0.1, -0.05) is 101 Å². The minimum Gasteiger partial charge on any atom is -0.480 e. The maximum Gasteiger partial charge on any atom is 0.407 e. The number of hydrogen-bond donors (Lipinski definition) is 3. The van der Waals surface area contributed by atoms with E-state index in [0.717, 1.165) is 37.7 Å². The molecule has 1 saturated carbocycles. The molecule has 1 aliphatic rings. The molecule has 0 radical (unpaired) electrons. The number of hydrogen-bond acceptors (Lipinski definition) is 8. The lowest BCUT2D eigenvalue weighted by Crippen LogP contribution is -2.44. The number of ether oxygens (including phenoxy) is 3. The first kappa shape index (κ1) is 43.0. The van der Waals surface area contributed by atoms with Gasteiger partial charge in [0.1, 0.15) is 17.7 Å². The van der Waals surface area contributed by atoms with Crippen LogP contribution in [-0.2, 0) is 33.4 Å². The topological polar surface area (TPSA) is 157 Å². The third kappa shape index (κ3) is 17.1. The summed E-state index contributed by atoms with van der Waals surface area (Å²) in [5, 5.41) is 15.0. The molecule has 2 rings (SSSR count). The summed E-state index contributed by atoms with van der Waals surface area (Å²) in [7, 11) is 0. The highest BCUT2D eigenvalue weighted by molar-refractivity contribution is 5.91. The zero-order valence-corrected chi connectivity index (χ0v) is 31.7. The van der Waals surface area contributed by atoms with E-state index in [1.165, 1.54) is 6.08 Å². The molecule has 0 spiro atoms. The lowest BCUT2D eigenvalue weighted by atomic mass is 9.85. The van der Waals surface area contributed by atoms with Gasteiger partial charge in [0.05, 0.1) is 5.41 Å². The van der Waals surface area contributed by atoms with Gasteiger partial charge in [0, 0.05) is 18.9 Å². The summed E-state index contributed by atoms with van der Waals surface area (Å²) < 4.78 is 17.0. The number of esters is 2. The van der Waals surface area contributed by atoms with Crippen LogP contribution in [-0.4, -0.2) is 65.4 Å². The van der Waals surface area contributed by atoms with Crippen LogP contribution in [0.4, 0.5) is 4.79 Å². The van der Waals surface area contributed by atoms with E-state index in [9.17, 15) is 29.1 Å². The van der Waals surface area contributed by atoms with Gasteiger partial charge in [-0.2, -0.15) is 0 Å². The van der Waals surface area contributed by atoms with E-state index in [1.54, 1.807) is 40.7 Å². The van der Waals surface area contributed by atoms with Crippen molar-refractivity contribution in [3.05, 3.63) is 54.1 Å². The van der Waals surface area contributed by atoms with Crippen molar-refractivity contribution >= 4 is 36.0 Å². The molecule has 3 N–H and O–H groups in total. The quantitative estimate of drug-likeness (QED) is 0.0811. The van der Waals surface area contributed by atoms with E-state index >= 15 is 0 Å². The van der Waals surface area contributed by atoms with Crippen LogP contribution in [0.2, 0.25) is 0 Å². The van der Waals surface area contributed by atoms with Gasteiger partial charge >= 0.3 is 24.0 Å². The predicted octanol–water partition coefficient (Wildman–Crippen LogP) is 7.24. The van der Waals surface area contributed by atoms with Crippen molar-refractivity contribution in [3.8, 4) is 0 Å². The van der Waals surface area contributed by atoms with Gasteiger partial charge in [0.2, 0.25) is 5.91 Å². The number of carboxylic acids is 1. The molecule has 0 heterocycles. The van der Waals surface area contributed by atoms with Crippen molar-refractivity contribution < 1.29 is 43.3 Å². The van der Waals surface area contributed by atoms with Crippen molar-refractivity contribution in [2.45, 2.75) is 131 Å². The summed E-state index contributed by atoms with van der Waals surface area (Å²) in [4.78, 5) is 63.9. The standard InChI is InChI=1S/C40H60N2O9/c1-27(2)24-33(50-37(47)40(7,8)26-41-38(48)51-39(4,5)6)36(46)49-32(28(3)22-23-29-16-11-9-12-17-29)20-15-21-34(43)42-31(35(44)45)25-30-18-13-10-14-19-30/h9,11-12,15-17,21-23,27-28,30-33H,10,13-14,18-20,24-26H2,1-8H3,(H,41,48)(H,42,43)(H,44,45)/b21-15+,23-22+/t28-,31-,32+,33+/m1/s1. The van der Waals surface area contributed by atoms with Crippen molar-refractivity contribution in [2.24, 2.45) is 23.2 Å². The summed E-state index contributed by atoms with van der Waals surface area (Å²) >= 11 is 0. The van der Waals surface area contributed by atoms with Crippen LogP contribution in [0, 0.1) is 23.2 Å². The Bertz CT molecular complexity index is 1340. The minimum absolute atomic E-state index is 0.0217. The molecule has 1 fully saturated rings. The normalized spacial score (nSPS) is 16.6. The molecule has 51 heavy (non-hydrogen) atoms. The largest absolute Gasteiger partial charge is 0.480 e. The average molecular weight is 713 g/mol. The van der Waals surface area contributed by atoms with Gasteiger partial charge in [0.25, 0.3) is 0 Å². The van der Waals surface area contributed by atoms with Gasteiger partial charge in [-0.3, -0.25) is 9.59 Å². The molecule has 11 heteroatoms. The SMILES string of the molecule is CC(C)C[C@H](OC(=O)C(C)(C)CNC(=O)OC(C)(C)C)C(=O)O[C@@H](C/C=C/C(=O)N[C@H](CC1CCCCC1)C(=O)O)[C@H](C)/C=C/c1ccccc1. The number of benzene rings is 1. The summed E-state index contributed by atoms with van der Waals surface area (Å²) in [6, 6.07) is 8.64. The maximum atomic E-state index is 13.7. The molecule has 11 nitrogen and oxygen atoms in total. The second kappa shape index (κ2) is 20.6. The molecule has 4 atom stereocenters. The lowest BCUT2D eigenvalue weighted by molar-refractivity contribution is -0.178. The van der Waals surface area contributed by atoms with Crippen LogP contribution in [0.3, 0.4) is 0 Å². The Morgan fingerprint density at radius 3 is 2.18 bits per heavy atom. The highest BCUT2D eigenvalue weighted by Gasteiger charge is 2.36. The fourth-order valence-electron chi connectivity index (χ4n) is 5.64. The third-order valence-corrected chi connectivity index (χ3v) is 8.62. The molecule has 0 bridgehead atoms. The number of aliphatic carboxylic acids is 1. The highest BCUT2D eigenvalue weighted by atomic mass is 16.6. The van der Waals surface area contributed by atoms with E-state index < -0.39 is 59.2 Å². The number of rotatable bonds is 18. The Hall–Kier alpha value is -4.15. The smallest absolute Gasteiger partial charge is 0.407 e. The Labute approximate surface area is 303 Å². The molecule has 1 aliphatic carbocycles. The average Bonchev–Trinajstić information content (AvgIpc) is 3.05. The first-order chi connectivity index (χ1) is 23.9. The fraction of sp³-hybridized carbons (Fsp3) is 0.625. The van der Waals surface area contributed by atoms with E-state index in [2.05, 4.69) is 10.6 Å². The van der Waals surface area contributed by atoms with E-state index in [4.69, 9.17) is 14.2 Å². The van der Waals surface area contributed by atoms with Crippen LogP contribution in [0.15, 0.2) is 48.6 Å². The van der Waals surface area contributed by atoms with Gasteiger partial charge in [0.15, 0.2) is 6.10 Å². The second-order valence-corrected chi connectivity index (χ2v) is 15.6. The Morgan fingerprint density at radius 1 is 0.941 bits per heavy atom. The van der Waals surface area contributed by atoms with Crippen LogP contribution >= 0.6 is 0 Å².